The van der Waals surface area contributed by atoms with Crippen molar-refractivity contribution >= 4 is 11.9 Å². The average molecular weight is 225 g/mol. The van der Waals surface area contributed by atoms with Gasteiger partial charge in [-0.05, 0) is 6.92 Å². The lowest BCUT2D eigenvalue weighted by Crippen LogP contribution is -2.35. The number of carboxylic acids is 1. The second-order valence-corrected chi connectivity index (χ2v) is 3.62. The number of aliphatic carboxylic acids is 1. The second-order valence-electron chi connectivity index (χ2n) is 3.62. The van der Waals surface area contributed by atoms with Crippen molar-refractivity contribution in [2.24, 2.45) is 0 Å². The predicted molar refractivity (Wildman–Crippen MR) is 56.7 cm³/mol. The van der Waals surface area contributed by atoms with Crippen LogP contribution in [0.15, 0.2) is 18.7 Å². The van der Waals surface area contributed by atoms with Crippen LogP contribution in [0.1, 0.15) is 19.8 Å². The van der Waals surface area contributed by atoms with Crippen molar-refractivity contribution in [3.05, 3.63) is 18.7 Å². The molecule has 0 saturated carbocycles. The molecule has 0 spiro atoms. The van der Waals surface area contributed by atoms with Gasteiger partial charge < -0.3 is 15.0 Å². The van der Waals surface area contributed by atoms with E-state index in [1.165, 1.54) is 0 Å². The van der Waals surface area contributed by atoms with E-state index >= 15 is 0 Å². The number of nitrogens with zero attached hydrogens (tertiary/aromatic N) is 2. The van der Waals surface area contributed by atoms with Crippen LogP contribution < -0.4 is 5.32 Å². The fraction of sp³-hybridized carbons (Fsp3) is 0.500. The van der Waals surface area contributed by atoms with Gasteiger partial charge in [-0.3, -0.25) is 9.59 Å². The maximum atomic E-state index is 11.3. The number of rotatable bonds is 6. The van der Waals surface area contributed by atoms with Crippen molar-refractivity contribution in [3.8, 4) is 0 Å². The Hall–Kier alpha value is -1.85. The molecule has 0 saturated heterocycles. The lowest BCUT2D eigenvalue weighted by molar-refractivity contribution is -0.138. The normalized spacial score (nSPS) is 12.1. The molecule has 16 heavy (non-hydrogen) atoms. The Labute approximate surface area is 93.3 Å². The number of imidazole rings is 1. The molecule has 88 valence electrons. The smallest absolute Gasteiger partial charge is 0.303 e. The Bertz CT molecular complexity index is 348. The van der Waals surface area contributed by atoms with Crippen molar-refractivity contribution in [2.75, 3.05) is 0 Å². The first kappa shape index (κ1) is 12.2. The van der Waals surface area contributed by atoms with Crippen molar-refractivity contribution in [1.82, 2.24) is 14.9 Å². The summed E-state index contributed by atoms with van der Waals surface area (Å²) in [5.74, 6) is -1.20. The number of carbonyl (C=O) groups excluding carboxylic acids is 1. The topological polar surface area (TPSA) is 84.2 Å². The number of nitrogens with one attached hydrogen (secondary N) is 1. The van der Waals surface area contributed by atoms with E-state index in [9.17, 15) is 9.59 Å². The number of carboxylic acid groups (broad SMARTS) is 1. The Kier molecular flexibility index (Phi) is 4.50. The minimum absolute atomic E-state index is 0.0175. The zero-order valence-corrected chi connectivity index (χ0v) is 9.09. The number of hydrogen-bond acceptors (Lipinski definition) is 3. The molecule has 1 rings (SSSR count). The highest BCUT2D eigenvalue weighted by atomic mass is 16.4. The third-order valence-corrected chi connectivity index (χ3v) is 2.02. The Morgan fingerprint density at radius 1 is 1.50 bits per heavy atom. The van der Waals surface area contributed by atoms with Crippen LogP contribution in [0.2, 0.25) is 0 Å². The van der Waals surface area contributed by atoms with Crippen LogP contribution in [0.4, 0.5) is 0 Å². The van der Waals surface area contributed by atoms with Gasteiger partial charge in [-0.15, -0.1) is 0 Å². The van der Waals surface area contributed by atoms with Gasteiger partial charge in [-0.1, -0.05) is 0 Å². The molecule has 0 aromatic carbocycles. The fourth-order valence-corrected chi connectivity index (χ4v) is 1.32. The summed E-state index contributed by atoms with van der Waals surface area (Å²) >= 11 is 0. The van der Waals surface area contributed by atoms with Crippen LogP contribution in [0.25, 0.3) is 0 Å². The van der Waals surface area contributed by atoms with Crippen molar-refractivity contribution in [1.29, 1.82) is 0 Å². The second kappa shape index (κ2) is 5.89. The summed E-state index contributed by atoms with van der Waals surface area (Å²) in [6.07, 6.45) is 5.02. The Balaban J connectivity index is 2.25. The summed E-state index contributed by atoms with van der Waals surface area (Å²) in [4.78, 5) is 25.4. The monoisotopic (exact) mass is 225 g/mol. The molecular formula is C10H15N3O3. The zero-order chi connectivity index (χ0) is 12.0. The van der Waals surface area contributed by atoms with E-state index in [4.69, 9.17) is 5.11 Å². The van der Waals surface area contributed by atoms with Crippen LogP contribution in [-0.2, 0) is 16.1 Å². The van der Waals surface area contributed by atoms with E-state index in [-0.39, 0.29) is 24.8 Å². The molecule has 1 unspecified atom stereocenters. The lowest BCUT2D eigenvalue weighted by Gasteiger charge is -2.13. The first-order chi connectivity index (χ1) is 7.58. The molecule has 1 aromatic rings. The maximum absolute atomic E-state index is 11.3. The van der Waals surface area contributed by atoms with E-state index < -0.39 is 5.97 Å². The van der Waals surface area contributed by atoms with Gasteiger partial charge in [0, 0.05) is 31.4 Å². The highest BCUT2D eigenvalue weighted by Crippen LogP contribution is 1.94. The minimum atomic E-state index is -0.961. The van der Waals surface area contributed by atoms with E-state index in [0.717, 1.165) is 0 Å². The van der Waals surface area contributed by atoms with Gasteiger partial charge in [-0.25, -0.2) is 4.98 Å². The summed E-state index contributed by atoms with van der Waals surface area (Å²) in [7, 11) is 0. The van der Waals surface area contributed by atoms with Crippen molar-refractivity contribution in [3.63, 3.8) is 0 Å². The van der Waals surface area contributed by atoms with Gasteiger partial charge in [0.15, 0.2) is 0 Å². The van der Waals surface area contributed by atoms with Crippen molar-refractivity contribution < 1.29 is 14.7 Å². The Morgan fingerprint density at radius 3 is 2.81 bits per heavy atom. The van der Waals surface area contributed by atoms with Crippen molar-refractivity contribution in [2.45, 2.75) is 32.4 Å². The van der Waals surface area contributed by atoms with Gasteiger partial charge >= 0.3 is 5.97 Å². The molecular weight excluding hydrogens is 210 g/mol. The number of carbonyl (C=O) groups is 2. The van der Waals surface area contributed by atoms with Crippen LogP contribution in [-0.4, -0.2) is 32.6 Å². The SMILES string of the molecule is CC(Cn1ccnc1)NC(=O)CCC(=O)O. The first-order valence-corrected chi connectivity index (χ1v) is 5.05. The van der Waals surface area contributed by atoms with E-state index in [1.807, 2.05) is 11.5 Å². The molecule has 0 fully saturated rings. The predicted octanol–water partition coefficient (Wildman–Crippen LogP) is 0.253. The van der Waals surface area contributed by atoms with Crippen LogP contribution >= 0.6 is 0 Å². The molecule has 0 aliphatic heterocycles. The van der Waals surface area contributed by atoms with E-state index in [0.29, 0.717) is 6.54 Å². The standard InChI is InChI=1S/C10H15N3O3/c1-8(6-13-5-4-11-7-13)12-9(14)2-3-10(15)16/h4-5,7-8H,2-3,6H2,1H3,(H,12,14)(H,15,16). The quantitative estimate of drug-likeness (QED) is 0.727. The van der Waals surface area contributed by atoms with Crippen LogP contribution in [0, 0.1) is 0 Å². The van der Waals surface area contributed by atoms with Crippen LogP contribution in [0.3, 0.4) is 0 Å². The van der Waals surface area contributed by atoms with Gasteiger partial charge in [0.2, 0.25) is 5.91 Å². The molecule has 6 nitrogen and oxygen atoms in total. The average Bonchev–Trinajstić information content (AvgIpc) is 2.67. The third-order valence-electron chi connectivity index (χ3n) is 2.02. The summed E-state index contributed by atoms with van der Waals surface area (Å²) in [6.45, 7) is 2.48. The largest absolute Gasteiger partial charge is 0.481 e. The fourth-order valence-electron chi connectivity index (χ4n) is 1.32. The van der Waals surface area contributed by atoms with Gasteiger partial charge in [-0.2, -0.15) is 0 Å². The Morgan fingerprint density at radius 2 is 2.25 bits per heavy atom. The number of amides is 1. The maximum Gasteiger partial charge on any atom is 0.303 e. The molecule has 2 N–H and O–H groups in total. The molecule has 1 aromatic heterocycles. The molecule has 0 aliphatic carbocycles. The van der Waals surface area contributed by atoms with E-state index in [1.54, 1.807) is 18.7 Å². The number of aromatic nitrogens is 2. The van der Waals surface area contributed by atoms with Gasteiger partial charge in [0.25, 0.3) is 0 Å². The molecule has 0 aliphatic rings. The zero-order valence-electron chi connectivity index (χ0n) is 9.09. The molecule has 6 heteroatoms. The summed E-state index contributed by atoms with van der Waals surface area (Å²) < 4.78 is 1.85. The van der Waals surface area contributed by atoms with Gasteiger partial charge in [0.05, 0.1) is 12.7 Å². The van der Waals surface area contributed by atoms with Crippen LogP contribution in [0.5, 0.6) is 0 Å². The number of hydrogen-bond donors (Lipinski definition) is 2. The molecule has 0 bridgehead atoms. The molecule has 1 amide bonds. The lowest BCUT2D eigenvalue weighted by atomic mass is 10.2. The molecule has 1 heterocycles. The highest BCUT2D eigenvalue weighted by molar-refractivity contribution is 5.80. The minimum Gasteiger partial charge on any atom is -0.481 e. The summed E-state index contributed by atoms with van der Waals surface area (Å²) in [6, 6.07) is -0.0458. The molecule has 0 radical (unpaired) electrons. The van der Waals surface area contributed by atoms with E-state index in [2.05, 4.69) is 10.3 Å². The molecule has 1 atom stereocenters. The van der Waals surface area contributed by atoms with Gasteiger partial charge in [0.1, 0.15) is 0 Å². The first-order valence-electron chi connectivity index (χ1n) is 5.05. The highest BCUT2D eigenvalue weighted by Gasteiger charge is 2.09. The third kappa shape index (κ3) is 4.59. The summed E-state index contributed by atoms with van der Waals surface area (Å²) in [5, 5.41) is 11.1. The summed E-state index contributed by atoms with van der Waals surface area (Å²) in [5.41, 5.74) is 0.